The molecular weight excluding hydrogens is 641 g/mol. The summed E-state index contributed by atoms with van der Waals surface area (Å²) in [7, 11) is 0. The van der Waals surface area contributed by atoms with Gasteiger partial charge in [-0.3, -0.25) is 14.4 Å². The van der Waals surface area contributed by atoms with Crippen molar-refractivity contribution in [3.8, 4) is 0 Å². The fourth-order valence-electron chi connectivity index (χ4n) is 6.00. The van der Waals surface area contributed by atoms with Crippen molar-refractivity contribution in [2.75, 3.05) is 31.6 Å². The molecule has 0 fully saturated rings. The minimum Gasteiger partial charge on any atom is -0.481 e. The zero-order valence-electron chi connectivity index (χ0n) is 30.9. The van der Waals surface area contributed by atoms with Gasteiger partial charge in [-0.25, -0.2) is 4.98 Å². The van der Waals surface area contributed by atoms with Gasteiger partial charge in [0.05, 0.1) is 12.0 Å². The fourth-order valence-corrected chi connectivity index (χ4v) is 6.86. The van der Waals surface area contributed by atoms with Crippen LogP contribution in [-0.2, 0) is 20.7 Å². The minimum absolute atomic E-state index is 0.0262. The van der Waals surface area contributed by atoms with Crippen LogP contribution in [0.1, 0.15) is 133 Å². The molecule has 1 aromatic heterocycles. The Bertz CT molecular complexity index is 1270. The maximum Gasteiger partial charge on any atom is 0.309 e. The molecule has 0 aliphatic heterocycles. The Morgan fingerprint density at radius 2 is 1.71 bits per heavy atom. The maximum absolute atomic E-state index is 13.6. The molecule has 10 nitrogen and oxygen atoms in total. The monoisotopic (exact) mass is 702 g/mol. The van der Waals surface area contributed by atoms with Crippen molar-refractivity contribution in [3.05, 3.63) is 45.9 Å². The number of carbonyl (C=O) groups is 3. The van der Waals surface area contributed by atoms with Gasteiger partial charge >= 0.3 is 5.97 Å². The molecular formula is C38H62N4O6S. The molecule has 4 N–H and O–H groups in total. The Morgan fingerprint density at radius 1 is 1.02 bits per heavy atom. The number of carboxylic acid groups (broad SMARTS) is 1. The van der Waals surface area contributed by atoms with E-state index in [2.05, 4.69) is 43.2 Å². The molecule has 0 spiro atoms. The molecule has 2 rings (SSSR count). The second kappa shape index (κ2) is 21.9. The highest BCUT2D eigenvalue weighted by Crippen LogP contribution is 2.32. The number of hydrogen-bond donors (Lipinski definition) is 4. The summed E-state index contributed by atoms with van der Waals surface area (Å²) in [5, 5.41) is 27.5. The van der Waals surface area contributed by atoms with E-state index in [4.69, 9.17) is 14.8 Å². The Hall–Kier alpha value is -3.02. The summed E-state index contributed by atoms with van der Waals surface area (Å²) in [6.45, 7) is 15.5. The Balaban J connectivity index is 2.29. The number of nitrogens with zero attached hydrogens (tertiary/aromatic N) is 2. The topological polar surface area (TPSA) is 141 Å². The van der Waals surface area contributed by atoms with Gasteiger partial charge in [0.1, 0.15) is 16.8 Å². The molecule has 1 heterocycles. The molecule has 0 radical (unpaired) electrons. The molecule has 0 saturated heterocycles. The number of amides is 2. The second-order valence-electron chi connectivity index (χ2n) is 13.9. The van der Waals surface area contributed by atoms with Gasteiger partial charge in [-0.1, -0.05) is 65.5 Å². The van der Waals surface area contributed by atoms with Crippen LogP contribution in [0.4, 0.5) is 5.69 Å². The van der Waals surface area contributed by atoms with Crippen molar-refractivity contribution in [2.24, 2.45) is 11.3 Å². The van der Waals surface area contributed by atoms with Crippen LogP contribution in [0.3, 0.4) is 0 Å². The standard InChI is InChI=1S/C38H62N4O6S/c1-8-11-13-14-21-42(34(44)15-12-9-2)32(27(4)5)24-33(48-10-3)36-41-31(26-49-36)35(45)40-30(25-38(6,7)37(46)47)23-28-16-18-29(19-17-28)39-20-22-43/h16-19,26-27,30,32-33,39,43H,8-15,20-25H2,1-7H3,(H,40,45)(H,46,47). The smallest absolute Gasteiger partial charge is 0.309 e. The largest absolute Gasteiger partial charge is 0.481 e. The number of carboxylic acids is 1. The minimum atomic E-state index is -1.06. The lowest BCUT2D eigenvalue weighted by Crippen LogP contribution is -2.45. The molecule has 0 saturated carbocycles. The predicted octanol–water partition coefficient (Wildman–Crippen LogP) is 7.48. The van der Waals surface area contributed by atoms with Crippen LogP contribution in [0.2, 0.25) is 0 Å². The van der Waals surface area contributed by atoms with E-state index < -0.39 is 17.4 Å². The number of rotatable bonds is 25. The third kappa shape index (κ3) is 14.4. The average molecular weight is 703 g/mol. The van der Waals surface area contributed by atoms with E-state index in [1.165, 1.54) is 11.3 Å². The van der Waals surface area contributed by atoms with E-state index in [-0.39, 0.29) is 48.6 Å². The Labute approximate surface area is 298 Å². The number of aliphatic hydroxyl groups excluding tert-OH is 1. The maximum atomic E-state index is 13.6. The van der Waals surface area contributed by atoms with Crippen LogP contribution < -0.4 is 10.6 Å². The third-order valence-corrected chi connectivity index (χ3v) is 9.83. The number of hydrogen-bond acceptors (Lipinski definition) is 8. The van der Waals surface area contributed by atoms with Crippen molar-refractivity contribution in [1.29, 1.82) is 0 Å². The molecule has 276 valence electrons. The molecule has 2 amide bonds. The second-order valence-corrected chi connectivity index (χ2v) is 14.8. The Morgan fingerprint density at radius 3 is 2.31 bits per heavy atom. The summed E-state index contributed by atoms with van der Waals surface area (Å²) >= 11 is 1.38. The van der Waals surface area contributed by atoms with Crippen LogP contribution in [0.25, 0.3) is 0 Å². The van der Waals surface area contributed by atoms with Crippen LogP contribution in [0.15, 0.2) is 29.6 Å². The van der Waals surface area contributed by atoms with Crippen molar-refractivity contribution in [3.63, 3.8) is 0 Å². The van der Waals surface area contributed by atoms with Crippen LogP contribution in [0, 0.1) is 11.3 Å². The quantitative estimate of drug-likeness (QED) is 0.0781. The number of aromatic nitrogens is 1. The van der Waals surface area contributed by atoms with Gasteiger partial charge in [0.25, 0.3) is 5.91 Å². The summed E-state index contributed by atoms with van der Waals surface area (Å²) < 4.78 is 6.24. The van der Waals surface area contributed by atoms with Gasteiger partial charge in [0.2, 0.25) is 5.91 Å². The zero-order chi connectivity index (χ0) is 36.4. The van der Waals surface area contributed by atoms with Crippen molar-refractivity contribution >= 4 is 34.8 Å². The number of unbranched alkanes of at least 4 members (excludes halogenated alkanes) is 4. The van der Waals surface area contributed by atoms with Crippen molar-refractivity contribution in [2.45, 2.75) is 131 Å². The normalized spacial score (nSPS) is 13.6. The van der Waals surface area contributed by atoms with E-state index in [0.717, 1.165) is 56.3 Å². The number of benzene rings is 1. The molecule has 49 heavy (non-hydrogen) atoms. The van der Waals surface area contributed by atoms with Crippen LogP contribution in [-0.4, -0.2) is 76.3 Å². The van der Waals surface area contributed by atoms with E-state index in [1.807, 2.05) is 31.2 Å². The summed E-state index contributed by atoms with van der Waals surface area (Å²) in [4.78, 5) is 46.0. The van der Waals surface area contributed by atoms with E-state index in [0.29, 0.717) is 37.4 Å². The number of ether oxygens (including phenoxy) is 1. The Kier molecular flexibility index (Phi) is 18.9. The van der Waals surface area contributed by atoms with E-state index in [9.17, 15) is 19.5 Å². The zero-order valence-corrected chi connectivity index (χ0v) is 31.7. The van der Waals surface area contributed by atoms with Gasteiger partial charge in [0.15, 0.2) is 0 Å². The summed E-state index contributed by atoms with van der Waals surface area (Å²) in [5.74, 6) is -0.894. The predicted molar refractivity (Wildman–Crippen MR) is 198 cm³/mol. The summed E-state index contributed by atoms with van der Waals surface area (Å²) in [6, 6.07) is 7.19. The molecule has 0 aliphatic rings. The molecule has 3 unspecified atom stereocenters. The lowest BCUT2D eigenvalue weighted by molar-refractivity contribution is -0.147. The highest BCUT2D eigenvalue weighted by molar-refractivity contribution is 7.09. The number of carbonyl (C=O) groups excluding carboxylic acids is 2. The summed E-state index contributed by atoms with van der Waals surface area (Å²) in [5.41, 5.74) is 1.02. The number of thiazole rings is 1. The number of anilines is 1. The van der Waals surface area contributed by atoms with Gasteiger partial charge in [-0.05, 0) is 70.1 Å². The van der Waals surface area contributed by atoms with Crippen molar-refractivity contribution < 1.29 is 29.3 Å². The van der Waals surface area contributed by atoms with E-state index >= 15 is 0 Å². The summed E-state index contributed by atoms with van der Waals surface area (Å²) in [6.07, 6.45) is 7.62. The number of aliphatic hydroxyl groups is 1. The molecule has 3 atom stereocenters. The van der Waals surface area contributed by atoms with Gasteiger partial charge < -0.3 is 30.5 Å². The lowest BCUT2D eigenvalue weighted by atomic mass is 9.84. The first kappa shape index (κ1) is 42.1. The van der Waals surface area contributed by atoms with Gasteiger partial charge in [-0.2, -0.15) is 0 Å². The highest BCUT2D eigenvalue weighted by Gasteiger charge is 2.33. The van der Waals surface area contributed by atoms with E-state index in [1.54, 1.807) is 19.2 Å². The van der Waals surface area contributed by atoms with Crippen LogP contribution in [0.5, 0.6) is 0 Å². The molecule has 2 aromatic rings. The molecule has 0 aliphatic carbocycles. The average Bonchev–Trinajstić information content (AvgIpc) is 3.56. The molecule has 11 heteroatoms. The van der Waals surface area contributed by atoms with Crippen molar-refractivity contribution in [1.82, 2.24) is 15.2 Å². The van der Waals surface area contributed by atoms with Crippen LogP contribution >= 0.6 is 11.3 Å². The number of nitrogens with one attached hydrogen (secondary N) is 2. The lowest BCUT2D eigenvalue weighted by Gasteiger charge is -2.36. The van der Waals surface area contributed by atoms with Gasteiger partial charge in [-0.15, -0.1) is 11.3 Å². The number of aliphatic carboxylic acids is 1. The molecule has 0 bridgehead atoms. The first-order valence-electron chi connectivity index (χ1n) is 18.2. The molecule has 1 aromatic carbocycles. The highest BCUT2D eigenvalue weighted by atomic mass is 32.1. The third-order valence-electron chi connectivity index (χ3n) is 8.89. The first-order valence-corrected chi connectivity index (χ1v) is 19.1. The SMILES string of the molecule is CCCCCCN(C(=O)CCCC)C(CC(OCC)c1nc(C(=O)NC(Cc2ccc(NCCO)cc2)CC(C)(C)C(=O)O)cs1)C(C)C. The fraction of sp³-hybridized carbons (Fsp3) is 0.684. The first-order chi connectivity index (χ1) is 23.4. The van der Waals surface area contributed by atoms with Gasteiger partial charge in [0, 0.05) is 55.7 Å².